The number of carbonyl (C=O) groups excluding carboxylic acids is 1. The van der Waals surface area contributed by atoms with E-state index in [0.29, 0.717) is 17.6 Å². The van der Waals surface area contributed by atoms with Crippen LogP contribution >= 0.6 is 0 Å². The maximum atomic E-state index is 14.3. The number of fused-ring (bicyclic) bond motifs is 1. The zero-order chi connectivity index (χ0) is 15.0. The fraction of sp³-hybridized carbons (Fsp3) is 0.562. The highest BCUT2D eigenvalue weighted by atomic mass is 19.1. The van der Waals surface area contributed by atoms with Crippen LogP contribution in [0.15, 0.2) is 12.1 Å². The average Bonchev–Trinajstić information content (AvgIpc) is 2.90. The second kappa shape index (κ2) is 5.54. The van der Waals surface area contributed by atoms with E-state index in [0.717, 1.165) is 19.4 Å². The molecule has 2 fully saturated rings. The standard InChI is InChI=1S/C16H21FN2O2/c1-21-16(20)11-8-15(12(17)9-13(11)18)19-7-6-10-4-2-3-5-14(10)19/h8-10,14H,2-7,18H2,1H3. The molecule has 1 saturated carbocycles. The number of ether oxygens (including phenoxy) is 1. The number of nitrogens with zero attached hydrogens (tertiary/aromatic N) is 1. The number of methoxy groups -OCH3 is 1. The van der Waals surface area contributed by atoms with Crippen molar-refractivity contribution in [1.29, 1.82) is 0 Å². The molecule has 0 amide bonds. The summed E-state index contributed by atoms with van der Waals surface area (Å²) in [4.78, 5) is 13.9. The molecule has 2 atom stereocenters. The van der Waals surface area contributed by atoms with Gasteiger partial charge in [0.25, 0.3) is 0 Å². The molecule has 4 nitrogen and oxygen atoms in total. The summed E-state index contributed by atoms with van der Waals surface area (Å²) >= 11 is 0. The number of rotatable bonds is 2. The van der Waals surface area contributed by atoms with Crippen molar-refractivity contribution in [2.75, 3.05) is 24.3 Å². The molecule has 1 aromatic carbocycles. The zero-order valence-corrected chi connectivity index (χ0v) is 12.3. The minimum atomic E-state index is -0.520. The molecule has 1 aliphatic heterocycles. The number of esters is 1. The maximum absolute atomic E-state index is 14.3. The van der Waals surface area contributed by atoms with Gasteiger partial charge < -0.3 is 15.4 Å². The molecular weight excluding hydrogens is 271 g/mol. The molecule has 0 spiro atoms. The molecular formula is C16H21FN2O2. The van der Waals surface area contributed by atoms with Gasteiger partial charge in [0.05, 0.1) is 18.4 Å². The molecule has 1 heterocycles. The summed E-state index contributed by atoms with van der Waals surface area (Å²) in [5, 5.41) is 0. The van der Waals surface area contributed by atoms with Gasteiger partial charge in [-0.3, -0.25) is 0 Å². The van der Waals surface area contributed by atoms with Crippen molar-refractivity contribution in [3.63, 3.8) is 0 Å². The Morgan fingerprint density at radius 1 is 1.33 bits per heavy atom. The van der Waals surface area contributed by atoms with Crippen LogP contribution in [0, 0.1) is 11.7 Å². The van der Waals surface area contributed by atoms with Crippen LogP contribution in [0.5, 0.6) is 0 Å². The normalized spacial score (nSPS) is 24.8. The van der Waals surface area contributed by atoms with Gasteiger partial charge in [-0.15, -0.1) is 0 Å². The fourth-order valence-electron chi connectivity index (χ4n) is 3.79. The molecule has 0 aromatic heterocycles. The van der Waals surface area contributed by atoms with Gasteiger partial charge in [0.2, 0.25) is 0 Å². The Bertz CT molecular complexity index is 561. The minimum Gasteiger partial charge on any atom is -0.465 e. The molecule has 114 valence electrons. The van der Waals surface area contributed by atoms with Gasteiger partial charge in [0.1, 0.15) is 5.82 Å². The third kappa shape index (κ3) is 2.45. The zero-order valence-electron chi connectivity index (χ0n) is 12.3. The van der Waals surface area contributed by atoms with Crippen LogP contribution in [0.2, 0.25) is 0 Å². The summed E-state index contributed by atoms with van der Waals surface area (Å²) in [5.41, 5.74) is 6.59. The molecule has 21 heavy (non-hydrogen) atoms. The number of halogens is 1. The van der Waals surface area contributed by atoms with Crippen molar-refractivity contribution in [2.24, 2.45) is 5.92 Å². The van der Waals surface area contributed by atoms with Gasteiger partial charge >= 0.3 is 5.97 Å². The van der Waals surface area contributed by atoms with Crippen LogP contribution in [0.1, 0.15) is 42.5 Å². The van der Waals surface area contributed by atoms with Crippen molar-refractivity contribution >= 4 is 17.3 Å². The molecule has 0 bridgehead atoms. The summed E-state index contributed by atoms with van der Waals surface area (Å²) in [6.45, 7) is 0.844. The summed E-state index contributed by atoms with van der Waals surface area (Å²) in [6.07, 6.45) is 5.89. The highest BCUT2D eigenvalue weighted by Crippen LogP contribution is 2.40. The lowest BCUT2D eigenvalue weighted by Crippen LogP contribution is -2.35. The molecule has 2 unspecified atom stereocenters. The Kier molecular flexibility index (Phi) is 3.74. The first-order valence-corrected chi connectivity index (χ1v) is 7.55. The number of hydrogen-bond donors (Lipinski definition) is 1. The predicted molar refractivity (Wildman–Crippen MR) is 79.9 cm³/mol. The lowest BCUT2D eigenvalue weighted by Gasteiger charge is -2.33. The van der Waals surface area contributed by atoms with E-state index in [-0.39, 0.29) is 17.1 Å². The van der Waals surface area contributed by atoms with E-state index in [1.165, 1.54) is 32.4 Å². The number of carbonyl (C=O) groups is 1. The largest absolute Gasteiger partial charge is 0.465 e. The molecule has 0 radical (unpaired) electrons. The SMILES string of the molecule is COC(=O)c1cc(N2CCC3CCCCC32)c(F)cc1N. The third-order valence-corrected chi connectivity index (χ3v) is 4.84. The minimum absolute atomic E-state index is 0.127. The smallest absolute Gasteiger partial charge is 0.340 e. The lowest BCUT2D eigenvalue weighted by molar-refractivity contribution is 0.0602. The summed E-state index contributed by atoms with van der Waals surface area (Å²) < 4.78 is 19.1. The van der Waals surface area contributed by atoms with Crippen molar-refractivity contribution in [1.82, 2.24) is 0 Å². The van der Waals surface area contributed by atoms with Crippen LogP contribution in [0.4, 0.5) is 15.8 Å². The van der Waals surface area contributed by atoms with Crippen LogP contribution in [0.3, 0.4) is 0 Å². The molecule has 1 aromatic rings. The van der Waals surface area contributed by atoms with Gasteiger partial charge in [-0.05, 0) is 37.3 Å². The van der Waals surface area contributed by atoms with E-state index < -0.39 is 5.97 Å². The second-order valence-corrected chi connectivity index (χ2v) is 5.98. The second-order valence-electron chi connectivity index (χ2n) is 5.98. The number of hydrogen-bond acceptors (Lipinski definition) is 4. The lowest BCUT2D eigenvalue weighted by atomic mass is 9.85. The first-order valence-electron chi connectivity index (χ1n) is 7.55. The molecule has 1 aliphatic carbocycles. The Labute approximate surface area is 124 Å². The molecule has 5 heteroatoms. The summed E-state index contributed by atoms with van der Waals surface area (Å²) in [7, 11) is 1.30. The number of nitrogen functional groups attached to an aromatic ring is 1. The fourth-order valence-corrected chi connectivity index (χ4v) is 3.79. The van der Waals surface area contributed by atoms with Crippen molar-refractivity contribution < 1.29 is 13.9 Å². The summed E-state index contributed by atoms with van der Waals surface area (Å²) in [6, 6.07) is 3.17. The highest BCUT2D eigenvalue weighted by molar-refractivity contribution is 5.96. The quantitative estimate of drug-likeness (QED) is 0.672. The van der Waals surface area contributed by atoms with Crippen LogP contribution in [0.25, 0.3) is 0 Å². The third-order valence-electron chi connectivity index (χ3n) is 4.84. The molecule has 2 aliphatic rings. The van der Waals surface area contributed by atoms with E-state index in [1.54, 1.807) is 6.07 Å². The first kappa shape index (κ1) is 14.2. The highest BCUT2D eigenvalue weighted by Gasteiger charge is 2.37. The van der Waals surface area contributed by atoms with E-state index in [2.05, 4.69) is 4.90 Å². The number of nitrogens with two attached hydrogens (primary N) is 1. The van der Waals surface area contributed by atoms with Gasteiger partial charge in [0, 0.05) is 18.3 Å². The van der Waals surface area contributed by atoms with Gasteiger partial charge in [-0.2, -0.15) is 0 Å². The van der Waals surface area contributed by atoms with Gasteiger partial charge in [-0.1, -0.05) is 12.8 Å². The van der Waals surface area contributed by atoms with E-state index in [1.807, 2.05) is 0 Å². The first-order chi connectivity index (χ1) is 10.1. The Balaban J connectivity index is 1.96. The maximum Gasteiger partial charge on any atom is 0.340 e. The summed E-state index contributed by atoms with van der Waals surface area (Å²) in [5.74, 6) is -0.225. The van der Waals surface area contributed by atoms with Crippen molar-refractivity contribution in [3.8, 4) is 0 Å². The van der Waals surface area contributed by atoms with Crippen molar-refractivity contribution in [3.05, 3.63) is 23.5 Å². The van der Waals surface area contributed by atoms with Crippen LogP contribution in [-0.2, 0) is 4.74 Å². The van der Waals surface area contributed by atoms with Gasteiger partial charge in [-0.25, -0.2) is 9.18 Å². The molecule has 3 rings (SSSR count). The Morgan fingerprint density at radius 2 is 2.10 bits per heavy atom. The van der Waals surface area contributed by atoms with Crippen LogP contribution < -0.4 is 10.6 Å². The number of anilines is 2. The molecule has 1 saturated heterocycles. The Morgan fingerprint density at radius 3 is 2.86 bits per heavy atom. The van der Waals surface area contributed by atoms with Crippen molar-refractivity contribution in [2.45, 2.75) is 38.1 Å². The van der Waals surface area contributed by atoms with Crippen LogP contribution in [-0.4, -0.2) is 25.7 Å². The van der Waals surface area contributed by atoms with E-state index >= 15 is 0 Å². The average molecular weight is 292 g/mol. The monoisotopic (exact) mass is 292 g/mol. The number of benzene rings is 1. The predicted octanol–water partition coefficient (Wildman–Crippen LogP) is 2.96. The van der Waals surface area contributed by atoms with E-state index in [4.69, 9.17) is 10.5 Å². The Hall–Kier alpha value is -1.78. The topological polar surface area (TPSA) is 55.6 Å². The van der Waals surface area contributed by atoms with E-state index in [9.17, 15) is 9.18 Å². The van der Waals surface area contributed by atoms with Gasteiger partial charge in [0.15, 0.2) is 0 Å². The molecule has 2 N–H and O–H groups in total.